The Hall–Kier alpha value is -3.32. The third-order valence-corrected chi connectivity index (χ3v) is 7.12. The number of nitrogens with zero attached hydrogens (tertiary/aromatic N) is 3. The highest BCUT2D eigenvalue weighted by Crippen LogP contribution is 2.40. The number of benzene rings is 1. The number of rotatable bonds is 14. The molecule has 0 spiro atoms. The topological polar surface area (TPSA) is 117 Å². The number of carbonyl (C=O) groups is 1. The van der Waals surface area contributed by atoms with Crippen LogP contribution in [0.25, 0.3) is 11.3 Å². The number of ether oxygens (including phenoxy) is 2. The summed E-state index contributed by atoms with van der Waals surface area (Å²) in [5, 5.41) is 32.8. The van der Waals surface area contributed by atoms with E-state index in [1.165, 1.54) is 12.5 Å². The molecule has 0 unspecified atom stereocenters. The molecule has 45 heavy (non-hydrogen) atoms. The summed E-state index contributed by atoms with van der Waals surface area (Å²) in [7, 11) is 0. The molecule has 0 amide bonds. The van der Waals surface area contributed by atoms with Crippen LogP contribution in [0.3, 0.4) is 0 Å². The zero-order chi connectivity index (χ0) is 33.6. The van der Waals surface area contributed by atoms with E-state index in [1.54, 1.807) is 0 Å². The fourth-order valence-electron chi connectivity index (χ4n) is 4.88. The lowest BCUT2D eigenvalue weighted by molar-refractivity contribution is -0.119. The van der Waals surface area contributed by atoms with Crippen molar-refractivity contribution in [3.8, 4) is 28.8 Å². The lowest BCUT2D eigenvalue weighted by Gasteiger charge is -2.20. The van der Waals surface area contributed by atoms with E-state index in [9.17, 15) is 23.9 Å². The van der Waals surface area contributed by atoms with Gasteiger partial charge in [-0.3, -0.25) is 4.79 Å². The minimum atomic E-state index is -3.02. The number of ketones is 1. The number of fused-ring (bicyclic) bond motifs is 3. The average molecular weight is 633 g/mol. The predicted octanol–water partition coefficient (Wildman–Crippen LogP) is 9.52. The van der Waals surface area contributed by atoms with Crippen molar-refractivity contribution in [2.75, 3.05) is 11.9 Å². The Balaban J connectivity index is 0.000000717. The number of carbonyl (C=O) groups excluding carboxylic acids is 1. The second kappa shape index (κ2) is 23.1. The van der Waals surface area contributed by atoms with Crippen molar-refractivity contribution < 1.29 is 28.2 Å². The monoisotopic (exact) mass is 632 g/mol. The van der Waals surface area contributed by atoms with Gasteiger partial charge in [-0.05, 0) is 50.2 Å². The Morgan fingerprint density at radius 1 is 1.07 bits per heavy atom. The highest BCUT2D eigenvalue weighted by atomic mass is 19.3. The number of phenolic OH excluding ortho intramolecular Hbond substituents is 1. The summed E-state index contributed by atoms with van der Waals surface area (Å²) in [4.78, 5) is 10.8. The third-order valence-electron chi connectivity index (χ3n) is 7.12. The lowest BCUT2D eigenvalue weighted by Crippen LogP contribution is -2.21. The van der Waals surface area contributed by atoms with Gasteiger partial charge >= 0.3 is 6.61 Å². The summed E-state index contributed by atoms with van der Waals surface area (Å²) in [5.74, 6) is 0.410. The second-order valence-electron chi connectivity index (χ2n) is 11.2. The van der Waals surface area contributed by atoms with Gasteiger partial charge in [0.2, 0.25) is 0 Å². The number of aromatic nitrogens is 2. The summed E-state index contributed by atoms with van der Waals surface area (Å²) in [6, 6.07) is 4.96. The fourth-order valence-corrected chi connectivity index (χ4v) is 4.88. The third kappa shape index (κ3) is 14.1. The maximum absolute atomic E-state index is 12.7. The van der Waals surface area contributed by atoms with Gasteiger partial charge < -0.3 is 19.9 Å². The fraction of sp³-hybridized carbons (Fsp3) is 0.657. The molecule has 1 aliphatic rings. The number of nitriles is 1. The maximum Gasteiger partial charge on any atom is 0.387 e. The molecule has 1 aromatic heterocycles. The van der Waals surface area contributed by atoms with Crippen molar-refractivity contribution >= 4 is 11.6 Å². The molecule has 0 fully saturated rings. The molecular formula is C35H54F2N4O4. The number of nitrogens with one attached hydrogen (secondary N) is 1. The Kier molecular flexibility index (Phi) is 20.4. The number of phenols is 1. The van der Waals surface area contributed by atoms with Crippen LogP contribution in [0.4, 0.5) is 14.6 Å². The molecule has 1 aliphatic heterocycles. The number of aromatic hydroxyl groups is 1. The first kappa shape index (κ1) is 39.7. The number of anilines is 1. The first-order chi connectivity index (χ1) is 21.7. The van der Waals surface area contributed by atoms with E-state index in [0.29, 0.717) is 59.0 Å². The van der Waals surface area contributed by atoms with Gasteiger partial charge in [-0.25, -0.2) is 0 Å². The summed E-state index contributed by atoms with van der Waals surface area (Å²) in [6.07, 6.45) is 12.4. The van der Waals surface area contributed by atoms with Crippen molar-refractivity contribution in [1.82, 2.24) is 10.2 Å². The highest BCUT2D eigenvalue weighted by Gasteiger charge is 2.25. The Bertz CT molecular complexity index is 1190. The molecule has 0 saturated heterocycles. The first-order valence-electron chi connectivity index (χ1n) is 16.7. The quantitative estimate of drug-likeness (QED) is 0.198. The largest absolute Gasteiger partial charge is 0.507 e. The molecule has 1 atom stereocenters. The molecule has 8 nitrogen and oxygen atoms in total. The van der Waals surface area contributed by atoms with Gasteiger partial charge in [-0.2, -0.15) is 14.0 Å². The Morgan fingerprint density at radius 2 is 1.78 bits per heavy atom. The van der Waals surface area contributed by atoms with Crippen LogP contribution in [0.5, 0.6) is 11.5 Å². The summed E-state index contributed by atoms with van der Waals surface area (Å²) < 4.78 is 35.5. The van der Waals surface area contributed by atoms with Crippen LogP contribution >= 0.6 is 0 Å². The van der Waals surface area contributed by atoms with Crippen LogP contribution < -0.4 is 10.1 Å². The zero-order valence-corrected chi connectivity index (χ0v) is 28.2. The first-order valence-corrected chi connectivity index (χ1v) is 16.7. The van der Waals surface area contributed by atoms with Crippen LogP contribution in [-0.4, -0.2) is 40.3 Å². The van der Waals surface area contributed by atoms with Crippen molar-refractivity contribution in [2.45, 2.75) is 144 Å². The molecule has 10 heteroatoms. The molecule has 3 rings (SSSR count). The van der Waals surface area contributed by atoms with Crippen LogP contribution in [-0.2, 0) is 22.6 Å². The van der Waals surface area contributed by atoms with E-state index >= 15 is 0 Å². The maximum atomic E-state index is 12.7. The van der Waals surface area contributed by atoms with Crippen LogP contribution in [0.2, 0.25) is 0 Å². The van der Waals surface area contributed by atoms with Gasteiger partial charge in [0, 0.05) is 42.7 Å². The van der Waals surface area contributed by atoms with Gasteiger partial charge in [0.25, 0.3) is 0 Å². The molecule has 0 saturated carbocycles. The highest BCUT2D eigenvalue weighted by molar-refractivity contribution is 5.78. The molecular weight excluding hydrogens is 578 g/mol. The molecule has 252 valence electrons. The van der Waals surface area contributed by atoms with E-state index in [1.807, 2.05) is 6.92 Å². The molecule has 2 N–H and O–H groups in total. The minimum absolute atomic E-state index is 0.0850. The van der Waals surface area contributed by atoms with Crippen molar-refractivity contribution in [3.63, 3.8) is 0 Å². The van der Waals surface area contributed by atoms with Gasteiger partial charge in [0.05, 0.1) is 6.61 Å². The molecule has 0 radical (unpaired) electrons. The van der Waals surface area contributed by atoms with E-state index in [4.69, 9.17) is 4.74 Å². The standard InChI is InChI=1S/C24H30F2N4O3.C8H16O.C3H8/c1-3-5-6-8-16(4-2)28-23-19(13-27)18-9-7-10-32-14-15-11-17(33-24(25)26)12-20(31)21(15)22(18)29-30-23;1-3-5-7-8(9)6-4-2;1-3-2/h11-12,16,24,31H,3-10,14H2,1-2H3,(H,28,30);3-7H2,1-2H3;3H2,1-2H3/t16-;;/m0../s1. The van der Waals surface area contributed by atoms with Gasteiger partial charge in [0.1, 0.15) is 34.6 Å². The molecule has 2 aromatic rings. The Labute approximate surface area is 268 Å². The second-order valence-corrected chi connectivity index (χ2v) is 11.2. The van der Waals surface area contributed by atoms with Gasteiger partial charge in [0.15, 0.2) is 5.82 Å². The number of alkyl halides is 2. The van der Waals surface area contributed by atoms with E-state index in [0.717, 1.165) is 70.3 Å². The summed E-state index contributed by atoms with van der Waals surface area (Å²) >= 11 is 0. The summed E-state index contributed by atoms with van der Waals surface area (Å²) in [5.41, 5.74) is 2.16. The van der Waals surface area contributed by atoms with E-state index < -0.39 is 6.61 Å². The molecule has 0 aliphatic carbocycles. The zero-order valence-electron chi connectivity index (χ0n) is 28.2. The number of halogens is 2. The number of Topliss-reactive ketones (excluding diaryl/α,β-unsaturated/α-hetero) is 1. The van der Waals surface area contributed by atoms with E-state index in [-0.39, 0.29) is 24.1 Å². The predicted molar refractivity (Wildman–Crippen MR) is 176 cm³/mol. The van der Waals surface area contributed by atoms with Gasteiger partial charge in [-0.15, -0.1) is 10.2 Å². The smallest absolute Gasteiger partial charge is 0.387 e. The lowest BCUT2D eigenvalue weighted by atomic mass is 9.94. The normalized spacial score (nSPS) is 12.8. The number of hydrogen-bond donors (Lipinski definition) is 2. The summed E-state index contributed by atoms with van der Waals surface area (Å²) in [6.45, 7) is 10.1. The van der Waals surface area contributed by atoms with Crippen molar-refractivity contribution in [1.29, 1.82) is 5.26 Å². The minimum Gasteiger partial charge on any atom is -0.507 e. The van der Waals surface area contributed by atoms with E-state index in [2.05, 4.69) is 60.9 Å². The SMILES string of the molecule is CCC.CCCCC(=O)CCC.CCCCC[C@H](CC)Nc1nnc2c(c1C#N)CCCOCc1cc(OC(F)F)cc(O)c1-2. The van der Waals surface area contributed by atoms with Crippen LogP contribution in [0, 0.1) is 11.3 Å². The molecule has 2 heterocycles. The van der Waals surface area contributed by atoms with Crippen LogP contribution in [0.1, 0.15) is 135 Å². The number of unbranched alkanes of at least 4 members (excludes halogenated alkanes) is 3. The van der Waals surface area contributed by atoms with Crippen LogP contribution in [0.15, 0.2) is 12.1 Å². The average Bonchev–Trinajstić information content (AvgIpc) is 3.09. The molecule has 0 bridgehead atoms. The van der Waals surface area contributed by atoms with Crippen molar-refractivity contribution in [2.24, 2.45) is 0 Å². The molecule has 1 aromatic carbocycles. The number of hydrogen-bond acceptors (Lipinski definition) is 8. The van der Waals surface area contributed by atoms with Gasteiger partial charge in [-0.1, -0.05) is 73.6 Å². The van der Waals surface area contributed by atoms with Crippen molar-refractivity contribution in [3.05, 3.63) is 28.8 Å². The Morgan fingerprint density at radius 3 is 2.38 bits per heavy atom.